The molecule has 2 aliphatic heterocycles. The van der Waals surface area contributed by atoms with Gasteiger partial charge in [-0.3, -0.25) is 0 Å². The first-order chi connectivity index (χ1) is 6.70. The number of guanidine groups is 1. The van der Waals surface area contributed by atoms with Gasteiger partial charge in [-0.1, -0.05) is 0 Å². The van der Waals surface area contributed by atoms with Crippen molar-refractivity contribution in [3.05, 3.63) is 0 Å². The van der Waals surface area contributed by atoms with Crippen LogP contribution in [0.15, 0.2) is 5.10 Å². The van der Waals surface area contributed by atoms with Crippen LogP contribution >= 0.6 is 0 Å². The molecule has 0 radical (unpaired) electrons. The van der Waals surface area contributed by atoms with Gasteiger partial charge in [0, 0.05) is 19.6 Å². The third-order valence-corrected chi connectivity index (χ3v) is 3.46. The van der Waals surface area contributed by atoms with Crippen molar-refractivity contribution in [1.29, 1.82) is 0 Å². The van der Waals surface area contributed by atoms with Gasteiger partial charge in [0.25, 0.3) is 0 Å². The van der Waals surface area contributed by atoms with Gasteiger partial charge >= 0.3 is 0 Å². The van der Waals surface area contributed by atoms with Gasteiger partial charge < -0.3 is 21.4 Å². The highest BCUT2D eigenvalue weighted by Gasteiger charge is 2.36. The van der Waals surface area contributed by atoms with Crippen molar-refractivity contribution < 1.29 is 0 Å². The summed E-state index contributed by atoms with van der Waals surface area (Å²) >= 11 is 0. The number of fused-ring (bicyclic) bond motifs is 1. The second-order valence-corrected chi connectivity index (χ2v) is 4.46. The molecule has 0 aromatic carbocycles. The predicted molar refractivity (Wildman–Crippen MR) is 56.5 cm³/mol. The van der Waals surface area contributed by atoms with Crippen LogP contribution in [-0.4, -0.2) is 49.0 Å². The van der Waals surface area contributed by atoms with Crippen LogP contribution in [0.1, 0.15) is 6.42 Å². The van der Waals surface area contributed by atoms with Crippen LogP contribution in [0.5, 0.6) is 0 Å². The molecule has 2 atom stereocenters. The second kappa shape index (κ2) is 3.65. The molecular formula is C9H19N5. The summed E-state index contributed by atoms with van der Waals surface area (Å²) in [5.41, 5.74) is 5.70. The van der Waals surface area contributed by atoms with Gasteiger partial charge in [0.05, 0.1) is 0 Å². The number of nitrogens with two attached hydrogens (primary N) is 2. The molecule has 0 spiro atoms. The van der Waals surface area contributed by atoms with Gasteiger partial charge in [0.1, 0.15) is 0 Å². The van der Waals surface area contributed by atoms with E-state index in [0.717, 1.165) is 24.9 Å². The van der Waals surface area contributed by atoms with Crippen LogP contribution in [0.2, 0.25) is 0 Å². The van der Waals surface area contributed by atoms with E-state index < -0.39 is 0 Å². The summed E-state index contributed by atoms with van der Waals surface area (Å²) in [6.45, 7) is 4.43. The van der Waals surface area contributed by atoms with E-state index in [1.54, 1.807) is 0 Å². The molecule has 0 aliphatic carbocycles. The number of hydrogen-bond acceptors (Lipinski definition) is 3. The molecule has 0 bridgehead atoms. The Morgan fingerprint density at radius 2 is 2.00 bits per heavy atom. The lowest BCUT2D eigenvalue weighted by molar-refractivity contribution is 0.178. The zero-order valence-corrected chi connectivity index (χ0v) is 8.69. The van der Waals surface area contributed by atoms with Crippen molar-refractivity contribution in [2.75, 3.05) is 33.2 Å². The molecule has 2 heterocycles. The average molecular weight is 197 g/mol. The maximum absolute atomic E-state index is 5.70. The molecular weight excluding hydrogens is 178 g/mol. The van der Waals surface area contributed by atoms with Gasteiger partial charge in [-0.2, -0.15) is 0 Å². The van der Waals surface area contributed by atoms with Gasteiger partial charge in [-0.15, -0.1) is 5.10 Å². The number of rotatable bonds is 0. The van der Waals surface area contributed by atoms with E-state index in [4.69, 9.17) is 11.6 Å². The molecule has 2 saturated heterocycles. The highest BCUT2D eigenvalue weighted by Crippen LogP contribution is 2.30. The number of piperidine rings is 1. The lowest BCUT2D eigenvalue weighted by Gasteiger charge is -2.31. The van der Waals surface area contributed by atoms with E-state index in [9.17, 15) is 0 Å². The lowest BCUT2D eigenvalue weighted by Crippen LogP contribution is -2.38. The van der Waals surface area contributed by atoms with E-state index in [0.29, 0.717) is 5.96 Å². The highest BCUT2D eigenvalue weighted by atomic mass is 15.3. The Bertz CT molecular complexity index is 239. The van der Waals surface area contributed by atoms with Gasteiger partial charge in [0.2, 0.25) is 5.96 Å². The first-order valence-electron chi connectivity index (χ1n) is 5.17. The van der Waals surface area contributed by atoms with Crippen LogP contribution in [-0.2, 0) is 0 Å². The van der Waals surface area contributed by atoms with Crippen molar-refractivity contribution in [3.8, 4) is 0 Å². The molecule has 0 amide bonds. The summed E-state index contributed by atoms with van der Waals surface area (Å²) in [5.74, 6) is 7.20. The molecule has 2 rings (SSSR count). The minimum absolute atomic E-state index is 0.488. The molecule has 0 aromatic heterocycles. The number of hydrogen-bond donors (Lipinski definition) is 2. The topological polar surface area (TPSA) is 70.9 Å². The zero-order valence-electron chi connectivity index (χ0n) is 8.69. The summed E-state index contributed by atoms with van der Waals surface area (Å²) in [5, 5.41) is 3.55. The van der Waals surface area contributed by atoms with E-state index in [-0.39, 0.29) is 0 Å². The molecule has 4 N–H and O–H groups in total. The zero-order chi connectivity index (χ0) is 10.1. The minimum atomic E-state index is 0.488. The van der Waals surface area contributed by atoms with Crippen LogP contribution in [0.3, 0.4) is 0 Å². The summed E-state index contributed by atoms with van der Waals surface area (Å²) < 4.78 is 0. The fourth-order valence-corrected chi connectivity index (χ4v) is 2.62. The summed E-state index contributed by atoms with van der Waals surface area (Å²) in [6, 6.07) is 0. The van der Waals surface area contributed by atoms with E-state index >= 15 is 0 Å². The number of likely N-dealkylation sites (tertiary alicyclic amines) is 2. The standard InChI is InChI=1S/C9H19N5/c1-13-3-2-7-5-14(9(10)12-11)6-8(7)4-13/h7-8H,2-6,11H2,1H3,(H2,10,12). The molecule has 5 heteroatoms. The largest absolute Gasteiger partial charge is 0.368 e. The van der Waals surface area contributed by atoms with Crippen LogP contribution in [0.4, 0.5) is 0 Å². The Hall–Kier alpha value is -0.970. The molecule has 14 heavy (non-hydrogen) atoms. The van der Waals surface area contributed by atoms with E-state index in [1.807, 2.05) is 0 Å². The van der Waals surface area contributed by atoms with E-state index in [1.165, 1.54) is 19.5 Å². The quantitative estimate of drug-likeness (QED) is 0.227. The number of hydrazone groups is 1. The predicted octanol–water partition coefficient (Wildman–Crippen LogP) is -0.942. The lowest BCUT2D eigenvalue weighted by atomic mass is 9.89. The number of nitrogens with zero attached hydrogens (tertiary/aromatic N) is 3. The van der Waals surface area contributed by atoms with Gasteiger partial charge in [-0.25, -0.2) is 0 Å². The summed E-state index contributed by atoms with van der Waals surface area (Å²) in [6.07, 6.45) is 1.27. The maximum atomic E-state index is 5.70. The van der Waals surface area contributed by atoms with Gasteiger partial charge in [-0.05, 0) is 31.8 Å². The monoisotopic (exact) mass is 197 g/mol. The molecule has 2 aliphatic rings. The van der Waals surface area contributed by atoms with Crippen molar-refractivity contribution in [2.24, 2.45) is 28.5 Å². The fourth-order valence-electron chi connectivity index (χ4n) is 2.62. The second-order valence-electron chi connectivity index (χ2n) is 4.46. The smallest absolute Gasteiger partial charge is 0.213 e. The van der Waals surface area contributed by atoms with Crippen LogP contribution in [0, 0.1) is 11.8 Å². The summed E-state index contributed by atoms with van der Waals surface area (Å²) in [4.78, 5) is 4.49. The van der Waals surface area contributed by atoms with Crippen molar-refractivity contribution >= 4 is 5.96 Å². The Kier molecular flexibility index (Phi) is 2.50. The van der Waals surface area contributed by atoms with Crippen molar-refractivity contribution in [1.82, 2.24) is 9.80 Å². The fraction of sp³-hybridized carbons (Fsp3) is 0.889. The Morgan fingerprint density at radius 3 is 2.71 bits per heavy atom. The van der Waals surface area contributed by atoms with Crippen molar-refractivity contribution in [3.63, 3.8) is 0 Å². The highest BCUT2D eigenvalue weighted by molar-refractivity contribution is 5.78. The average Bonchev–Trinajstić information content (AvgIpc) is 2.59. The Morgan fingerprint density at radius 1 is 1.29 bits per heavy atom. The maximum Gasteiger partial charge on any atom is 0.213 e. The normalized spacial score (nSPS) is 34.6. The van der Waals surface area contributed by atoms with E-state index in [2.05, 4.69) is 21.9 Å². The first kappa shape index (κ1) is 9.58. The third kappa shape index (κ3) is 1.64. The molecule has 5 nitrogen and oxygen atoms in total. The van der Waals surface area contributed by atoms with Crippen molar-refractivity contribution in [2.45, 2.75) is 6.42 Å². The Balaban J connectivity index is 1.98. The SMILES string of the molecule is CN1CCC2CN(/C(N)=N/N)CC2C1. The molecule has 2 unspecified atom stereocenters. The molecule has 80 valence electrons. The van der Waals surface area contributed by atoms with Crippen LogP contribution < -0.4 is 11.6 Å². The van der Waals surface area contributed by atoms with Crippen LogP contribution in [0.25, 0.3) is 0 Å². The first-order valence-corrected chi connectivity index (χ1v) is 5.17. The molecule has 0 aromatic rings. The Labute approximate surface area is 84.7 Å². The minimum Gasteiger partial charge on any atom is -0.368 e. The third-order valence-electron chi connectivity index (χ3n) is 3.46. The van der Waals surface area contributed by atoms with Gasteiger partial charge in [0.15, 0.2) is 0 Å². The summed E-state index contributed by atoms with van der Waals surface area (Å²) in [7, 11) is 2.18. The molecule has 2 fully saturated rings. The molecule has 0 saturated carbocycles.